The minimum atomic E-state index is -0.647. The number of benzene rings is 2. The normalized spacial score (nSPS) is 14.6. The third kappa shape index (κ3) is 1.95. The summed E-state index contributed by atoms with van der Waals surface area (Å²) >= 11 is 0. The van der Waals surface area contributed by atoms with E-state index < -0.39 is 11.8 Å². The van der Waals surface area contributed by atoms with Crippen LogP contribution in [0.5, 0.6) is 0 Å². The molecule has 22 heavy (non-hydrogen) atoms. The summed E-state index contributed by atoms with van der Waals surface area (Å²) < 4.78 is 0. The molecule has 0 fully saturated rings. The molecule has 2 amide bonds. The number of nitrogens with zero attached hydrogens (tertiary/aromatic N) is 1. The Morgan fingerprint density at radius 1 is 0.955 bits per heavy atom. The number of rotatable bonds is 2. The van der Waals surface area contributed by atoms with Gasteiger partial charge in [-0.15, -0.1) is 5.06 Å². The van der Waals surface area contributed by atoms with Crippen molar-refractivity contribution in [2.24, 2.45) is 0 Å². The number of imide groups is 1. The van der Waals surface area contributed by atoms with E-state index in [1.54, 1.807) is 6.07 Å². The number of amides is 2. The lowest BCUT2D eigenvalue weighted by molar-refractivity contribution is -0.0378. The van der Waals surface area contributed by atoms with Gasteiger partial charge in [-0.25, -0.2) is 0 Å². The first-order valence-corrected chi connectivity index (χ1v) is 7.51. The van der Waals surface area contributed by atoms with Crippen molar-refractivity contribution in [2.45, 2.75) is 39.5 Å². The van der Waals surface area contributed by atoms with E-state index in [-0.39, 0.29) is 16.9 Å². The standard InChI is InChI=1S/C18H19NO3/c1-9(2)12-7-11-5-6-13(10(3)4)16-15(11)14(8-12)17(20)19(22)18(16)21/h5-10,22H,1-4H3. The molecule has 0 aromatic heterocycles. The Bertz CT molecular complexity index is 806. The minimum absolute atomic E-state index is 0.127. The van der Waals surface area contributed by atoms with Crippen LogP contribution >= 0.6 is 0 Å². The van der Waals surface area contributed by atoms with E-state index in [0.29, 0.717) is 16.5 Å². The highest BCUT2D eigenvalue weighted by molar-refractivity contribution is 6.25. The number of hydroxylamine groups is 2. The molecule has 1 aliphatic rings. The second-order valence-electron chi connectivity index (χ2n) is 6.43. The van der Waals surface area contributed by atoms with E-state index in [4.69, 9.17) is 0 Å². The van der Waals surface area contributed by atoms with E-state index >= 15 is 0 Å². The first-order valence-electron chi connectivity index (χ1n) is 7.51. The Labute approximate surface area is 129 Å². The molecule has 114 valence electrons. The molecule has 0 unspecified atom stereocenters. The van der Waals surface area contributed by atoms with Gasteiger partial charge in [0.1, 0.15) is 0 Å². The second kappa shape index (κ2) is 4.92. The van der Waals surface area contributed by atoms with Crippen molar-refractivity contribution < 1.29 is 14.8 Å². The van der Waals surface area contributed by atoms with Crippen LogP contribution in [0.15, 0.2) is 24.3 Å². The lowest BCUT2D eigenvalue weighted by Gasteiger charge is -2.26. The zero-order chi connectivity index (χ0) is 16.2. The molecule has 0 radical (unpaired) electrons. The largest absolute Gasteiger partial charge is 0.285 e. The average molecular weight is 297 g/mol. The van der Waals surface area contributed by atoms with E-state index in [2.05, 4.69) is 0 Å². The van der Waals surface area contributed by atoms with Crippen LogP contribution in [0.25, 0.3) is 10.8 Å². The van der Waals surface area contributed by atoms with Gasteiger partial charge in [-0.2, -0.15) is 0 Å². The lowest BCUT2D eigenvalue weighted by atomic mass is 9.85. The van der Waals surface area contributed by atoms with Crippen LogP contribution in [0.1, 0.15) is 71.4 Å². The maximum absolute atomic E-state index is 12.4. The Kier molecular flexibility index (Phi) is 3.29. The summed E-state index contributed by atoms with van der Waals surface area (Å²) in [7, 11) is 0. The SMILES string of the molecule is CC(C)c1cc2c3c(c(C(C)C)ccc3c1)C(=O)N(O)C2=O. The summed E-state index contributed by atoms with van der Waals surface area (Å²) in [5.74, 6) is -0.899. The van der Waals surface area contributed by atoms with E-state index in [9.17, 15) is 14.8 Å². The van der Waals surface area contributed by atoms with Crippen LogP contribution in [-0.4, -0.2) is 22.1 Å². The highest BCUT2D eigenvalue weighted by Crippen LogP contribution is 2.36. The molecule has 0 saturated carbocycles. The van der Waals surface area contributed by atoms with Crippen molar-refractivity contribution >= 4 is 22.6 Å². The quantitative estimate of drug-likeness (QED) is 0.671. The van der Waals surface area contributed by atoms with Crippen LogP contribution in [0.2, 0.25) is 0 Å². The topological polar surface area (TPSA) is 57.6 Å². The fourth-order valence-electron chi connectivity index (χ4n) is 3.03. The summed E-state index contributed by atoms with van der Waals surface area (Å²) in [6, 6.07) is 7.68. The smallest absolute Gasteiger partial charge is 0.278 e. The molecule has 0 bridgehead atoms. The van der Waals surface area contributed by atoms with Gasteiger partial charge >= 0.3 is 0 Å². The Hall–Kier alpha value is -2.20. The second-order valence-corrected chi connectivity index (χ2v) is 6.43. The Morgan fingerprint density at radius 3 is 2.23 bits per heavy atom. The zero-order valence-electron chi connectivity index (χ0n) is 13.2. The molecule has 2 aromatic rings. The highest BCUT2D eigenvalue weighted by Gasteiger charge is 2.34. The first kappa shape index (κ1) is 14.7. The van der Waals surface area contributed by atoms with Crippen LogP contribution in [-0.2, 0) is 0 Å². The predicted octanol–water partition coefficient (Wildman–Crippen LogP) is 4.07. The van der Waals surface area contributed by atoms with Gasteiger partial charge in [0.05, 0.1) is 11.1 Å². The number of carbonyl (C=O) groups excluding carboxylic acids is 2. The van der Waals surface area contributed by atoms with Crippen LogP contribution in [0.4, 0.5) is 0 Å². The molecule has 1 aliphatic heterocycles. The zero-order valence-corrected chi connectivity index (χ0v) is 13.2. The van der Waals surface area contributed by atoms with Gasteiger partial charge in [-0.3, -0.25) is 14.8 Å². The van der Waals surface area contributed by atoms with Crippen molar-refractivity contribution in [3.05, 3.63) is 46.5 Å². The molecular weight excluding hydrogens is 278 g/mol. The summed E-state index contributed by atoms with van der Waals surface area (Å²) in [5.41, 5.74) is 2.71. The van der Waals surface area contributed by atoms with Crippen LogP contribution in [0, 0.1) is 0 Å². The number of hydrogen-bond donors (Lipinski definition) is 1. The molecule has 4 heteroatoms. The number of carbonyl (C=O) groups is 2. The van der Waals surface area contributed by atoms with Crippen molar-refractivity contribution in [3.63, 3.8) is 0 Å². The summed E-state index contributed by atoms with van der Waals surface area (Å²) in [5, 5.41) is 11.7. The van der Waals surface area contributed by atoms with Gasteiger partial charge in [-0.05, 0) is 34.4 Å². The maximum atomic E-state index is 12.4. The van der Waals surface area contributed by atoms with Crippen LogP contribution < -0.4 is 0 Å². The predicted molar refractivity (Wildman–Crippen MR) is 84.4 cm³/mol. The van der Waals surface area contributed by atoms with Gasteiger partial charge in [0.15, 0.2) is 0 Å². The minimum Gasteiger partial charge on any atom is -0.278 e. The van der Waals surface area contributed by atoms with E-state index in [1.165, 1.54) is 0 Å². The molecule has 0 atom stereocenters. The maximum Gasteiger partial charge on any atom is 0.285 e. The third-order valence-electron chi connectivity index (χ3n) is 4.29. The van der Waals surface area contributed by atoms with Crippen LogP contribution in [0.3, 0.4) is 0 Å². The fourth-order valence-corrected chi connectivity index (χ4v) is 3.03. The molecule has 0 aliphatic carbocycles. The Morgan fingerprint density at radius 2 is 1.64 bits per heavy atom. The first-order chi connectivity index (χ1) is 10.3. The van der Waals surface area contributed by atoms with Crippen molar-refractivity contribution in [1.82, 2.24) is 5.06 Å². The molecule has 2 aromatic carbocycles. The third-order valence-corrected chi connectivity index (χ3v) is 4.29. The molecule has 0 saturated heterocycles. The molecule has 3 rings (SSSR count). The number of hydrogen-bond acceptors (Lipinski definition) is 3. The lowest BCUT2D eigenvalue weighted by Crippen LogP contribution is -2.38. The molecule has 0 spiro atoms. The molecule has 4 nitrogen and oxygen atoms in total. The summed E-state index contributed by atoms with van der Waals surface area (Å²) in [6.07, 6.45) is 0. The van der Waals surface area contributed by atoms with Crippen molar-refractivity contribution in [3.8, 4) is 0 Å². The van der Waals surface area contributed by atoms with Gasteiger partial charge in [-0.1, -0.05) is 45.9 Å². The molecular formula is C18H19NO3. The van der Waals surface area contributed by atoms with Crippen molar-refractivity contribution in [1.29, 1.82) is 0 Å². The summed E-state index contributed by atoms with van der Waals surface area (Å²) in [4.78, 5) is 24.7. The fraction of sp³-hybridized carbons (Fsp3) is 0.333. The van der Waals surface area contributed by atoms with Gasteiger partial charge in [0.25, 0.3) is 11.8 Å². The van der Waals surface area contributed by atoms with Crippen molar-refractivity contribution in [2.75, 3.05) is 0 Å². The van der Waals surface area contributed by atoms with E-state index in [0.717, 1.165) is 16.5 Å². The highest BCUT2D eigenvalue weighted by atomic mass is 16.5. The summed E-state index contributed by atoms with van der Waals surface area (Å²) in [6.45, 7) is 8.08. The van der Waals surface area contributed by atoms with Gasteiger partial charge in [0.2, 0.25) is 0 Å². The molecule has 1 N–H and O–H groups in total. The van der Waals surface area contributed by atoms with E-state index in [1.807, 2.05) is 45.9 Å². The van der Waals surface area contributed by atoms with Gasteiger partial charge < -0.3 is 0 Å². The monoisotopic (exact) mass is 297 g/mol. The molecule has 1 heterocycles. The van der Waals surface area contributed by atoms with Gasteiger partial charge in [0, 0.05) is 5.39 Å². The Balaban J connectivity index is 2.47. The average Bonchev–Trinajstić information content (AvgIpc) is 2.48.